The highest BCUT2D eigenvalue weighted by atomic mass is 16.1. The maximum Gasteiger partial charge on any atom is 0.252 e. The van der Waals surface area contributed by atoms with E-state index in [0.29, 0.717) is 5.82 Å². The van der Waals surface area contributed by atoms with Gasteiger partial charge in [-0.15, -0.1) is 0 Å². The summed E-state index contributed by atoms with van der Waals surface area (Å²) in [5.74, 6) is 1.65. The molecule has 5 nitrogen and oxygen atoms in total. The van der Waals surface area contributed by atoms with Gasteiger partial charge in [-0.05, 0) is 31.3 Å². The van der Waals surface area contributed by atoms with Gasteiger partial charge in [0.2, 0.25) is 0 Å². The largest absolute Gasteiger partial charge is 0.369 e. The number of aromatic amines is 1. The van der Waals surface area contributed by atoms with Crippen LogP contribution in [0.3, 0.4) is 0 Å². The fourth-order valence-electron chi connectivity index (χ4n) is 2.35. The zero-order valence-corrected chi connectivity index (χ0v) is 12.0. The molecule has 2 rings (SSSR count). The van der Waals surface area contributed by atoms with Crippen molar-refractivity contribution < 1.29 is 0 Å². The Morgan fingerprint density at radius 2 is 2.11 bits per heavy atom. The molecule has 1 aromatic rings. The van der Waals surface area contributed by atoms with Gasteiger partial charge in [-0.3, -0.25) is 4.79 Å². The average molecular weight is 264 g/mol. The van der Waals surface area contributed by atoms with E-state index in [1.54, 1.807) is 0 Å². The van der Waals surface area contributed by atoms with Crippen molar-refractivity contribution in [2.24, 2.45) is 5.41 Å². The summed E-state index contributed by atoms with van der Waals surface area (Å²) in [5.41, 5.74) is 0.199. The fraction of sp³-hybridized carbons (Fsp3) is 0.714. The Balaban J connectivity index is 2.04. The lowest BCUT2D eigenvalue weighted by molar-refractivity contribution is 0.247. The van der Waals surface area contributed by atoms with Gasteiger partial charge in [0.25, 0.3) is 5.56 Å². The number of aromatic nitrogens is 2. The molecule has 2 heterocycles. The topological polar surface area (TPSA) is 69.8 Å². The summed E-state index contributed by atoms with van der Waals surface area (Å²) in [6.45, 7) is 9.34. The van der Waals surface area contributed by atoms with Gasteiger partial charge in [-0.1, -0.05) is 20.8 Å². The lowest BCUT2D eigenvalue weighted by Crippen LogP contribution is -2.39. The molecule has 106 valence electrons. The van der Waals surface area contributed by atoms with Gasteiger partial charge >= 0.3 is 0 Å². The van der Waals surface area contributed by atoms with E-state index in [9.17, 15) is 4.79 Å². The van der Waals surface area contributed by atoms with Gasteiger partial charge in [-0.2, -0.15) is 0 Å². The van der Waals surface area contributed by atoms with E-state index in [1.165, 1.54) is 6.07 Å². The third-order valence-corrected chi connectivity index (χ3v) is 3.81. The van der Waals surface area contributed by atoms with Gasteiger partial charge in [0.15, 0.2) is 0 Å². The molecule has 0 saturated carbocycles. The summed E-state index contributed by atoms with van der Waals surface area (Å²) >= 11 is 0. The first-order valence-corrected chi connectivity index (χ1v) is 7.04. The minimum Gasteiger partial charge on any atom is -0.369 e. The molecule has 0 radical (unpaired) electrons. The zero-order chi connectivity index (χ0) is 13.9. The molecule has 1 fully saturated rings. The second-order valence-corrected chi connectivity index (χ2v) is 6.08. The standard InChI is InChI=1S/C14H24N4O/c1-10(2)13-17-11(8-12(19)18-13)16-9-14(3)4-6-15-7-5-14/h8,10,15H,4-7,9H2,1-3H3,(H2,16,17,18,19). The quantitative estimate of drug-likeness (QED) is 0.774. The lowest BCUT2D eigenvalue weighted by atomic mass is 9.81. The molecule has 0 amide bonds. The third-order valence-electron chi connectivity index (χ3n) is 3.81. The Kier molecular flexibility index (Phi) is 4.24. The Morgan fingerprint density at radius 1 is 1.42 bits per heavy atom. The van der Waals surface area contributed by atoms with Crippen LogP contribution in [0, 0.1) is 5.41 Å². The molecule has 1 aliphatic heterocycles. The number of hydrogen-bond acceptors (Lipinski definition) is 4. The minimum absolute atomic E-state index is 0.0864. The second kappa shape index (κ2) is 5.74. The van der Waals surface area contributed by atoms with Crippen LogP contribution in [0.2, 0.25) is 0 Å². The number of hydrogen-bond donors (Lipinski definition) is 3. The lowest BCUT2D eigenvalue weighted by Gasteiger charge is -2.34. The normalized spacial score (nSPS) is 18.5. The van der Waals surface area contributed by atoms with Crippen LogP contribution in [0.25, 0.3) is 0 Å². The molecule has 0 bridgehead atoms. The van der Waals surface area contributed by atoms with Crippen LogP contribution in [0.1, 0.15) is 45.4 Å². The van der Waals surface area contributed by atoms with Crippen molar-refractivity contribution in [1.29, 1.82) is 0 Å². The molecule has 3 N–H and O–H groups in total. The molecule has 0 unspecified atom stereocenters. The maximum atomic E-state index is 11.6. The summed E-state index contributed by atoms with van der Waals surface area (Å²) in [5, 5.41) is 6.70. The molecule has 0 aliphatic carbocycles. The number of nitrogens with one attached hydrogen (secondary N) is 3. The third kappa shape index (κ3) is 3.80. The van der Waals surface area contributed by atoms with E-state index < -0.39 is 0 Å². The first-order valence-electron chi connectivity index (χ1n) is 7.04. The van der Waals surface area contributed by atoms with Crippen molar-refractivity contribution in [3.63, 3.8) is 0 Å². The number of H-pyrrole nitrogens is 1. The summed E-state index contributed by atoms with van der Waals surface area (Å²) in [4.78, 5) is 18.8. The molecule has 1 saturated heterocycles. The predicted octanol–water partition coefficient (Wildman–Crippen LogP) is 1.69. The van der Waals surface area contributed by atoms with Crippen LogP contribution >= 0.6 is 0 Å². The second-order valence-electron chi connectivity index (χ2n) is 6.08. The van der Waals surface area contributed by atoms with Crippen LogP contribution < -0.4 is 16.2 Å². The van der Waals surface area contributed by atoms with Gasteiger partial charge in [0, 0.05) is 18.5 Å². The summed E-state index contributed by atoms with van der Waals surface area (Å²) in [7, 11) is 0. The number of nitrogens with zero attached hydrogens (tertiary/aromatic N) is 1. The van der Waals surface area contributed by atoms with Gasteiger partial charge in [-0.25, -0.2) is 4.98 Å². The Morgan fingerprint density at radius 3 is 2.74 bits per heavy atom. The Labute approximate surface area is 114 Å². The zero-order valence-electron chi connectivity index (χ0n) is 12.0. The van der Waals surface area contributed by atoms with Crippen molar-refractivity contribution in [3.05, 3.63) is 22.2 Å². The molecule has 0 aromatic carbocycles. The van der Waals surface area contributed by atoms with Crippen molar-refractivity contribution in [2.75, 3.05) is 25.0 Å². The molecule has 0 atom stereocenters. The van der Waals surface area contributed by atoms with E-state index in [-0.39, 0.29) is 16.9 Å². The predicted molar refractivity (Wildman–Crippen MR) is 77.6 cm³/mol. The van der Waals surface area contributed by atoms with Crippen LogP contribution in [0.5, 0.6) is 0 Å². The van der Waals surface area contributed by atoms with E-state index in [1.807, 2.05) is 13.8 Å². The number of rotatable bonds is 4. The summed E-state index contributed by atoms with van der Waals surface area (Å²) in [6.07, 6.45) is 2.31. The van der Waals surface area contributed by atoms with Crippen LogP contribution in [-0.2, 0) is 0 Å². The molecule has 1 aliphatic rings. The maximum absolute atomic E-state index is 11.6. The van der Waals surface area contributed by atoms with E-state index in [4.69, 9.17) is 0 Å². The van der Waals surface area contributed by atoms with E-state index in [0.717, 1.165) is 38.3 Å². The highest BCUT2D eigenvalue weighted by Crippen LogP contribution is 2.27. The van der Waals surface area contributed by atoms with Crippen molar-refractivity contribution in [3.8, 4) is 0 Å². The van der Waals surface area contributed by atoms with Crippen molar-refractivity contribution >= 4 is 5.82 Å². The van der Waals surface area contributed by atoms with Gasteiger partial charge < -0.3 is 15.6 Å². The average Bonchev–Trinajstić information content (AvgIpc) is 2.37. The van der Waals surface area contributed by atoms with Gasteiger partial charge in [0.1, 0.15) is 11.6 Å². The number of anilines is 1. The SMILES string of the molecule is CC(C)c1nc(NCC2(C)CCNCC2)cc(=O)[nH]1. The van der Waals surface area contributed by atoms with Crippen molar-refractivity contribution in [1.82, 2.24) is 15.3 Å². The molecule has 1 aromatic heterocycles. The van der Waals surface area contributed by atoms with Crippen LogP contribution in [0.4, 0.5) is 5.82 Å². The van der Waals surface area contributed by atoms with Crippen molar-refractivity contribution in [2.45, 2.75) is 39.5 Å². The highest BCUT2D eigenvalue weighted by Gasteiger charge is 2.26. The molecule has 19 heavy (non-hydrogen) atoms. The molecule has 5 heteroatoms. The first kappa shape index (κ1) is 14.1. The number of piperidine rings is 1. The Bertz CT molecular complexity index is 475. The van der Waals surface area contributed by atoms with E-state index in [2.05, 4.69) is 27.5 Å². The van der Waals surface area contributed by atoms with Gasteiger partial charge in [0.05, 0.1) is 0 Å². The van der Waals surface area contributed by atoms with Crippen LogP contribution in [-0.4, -0.2) is 29.6 Å². The molecular formula is C14H24N4O. The smallest absolute Gasteiger partial charge is 0.252 e. The molecular weight excluding hydrogens is 240 g/mol. The monoisotopic (exact) mass is 264 g/mol. The van der Waals surface area contributed by atoms with Crippen LogP contribution in [0.15, 0.2) is 10.9 Å². The van der Waals surface area contributed by atoms with E-state index >= 15 is 0 Å². The first-order chi connectivity index (χ1) is 8.98. The fourth-order valence-corrected chi connectivity index (χ4v) is 2.35. The molecule has 0 spiro atoms. The minimum atomic E-state index is -0.0864. The highest BCUT2D eigenvalue weighted by molar-refractivity contribution is 5.33. The summed E-state index contributed by atoms with van der Waals surface area (Å²) in [6, 6.07) is 1.54. The summed E-state index contributed by atoms with van der Waals surface area (Å²) < 4.78 is 0. The Hall–Kier alpha value is -1.36.